The predicted octanol–water partition coefficient (Wildman–Crippen LogP) is 2.34. The van der Waals surface area contributed by atoms with Crippen molar-refractivity contribution >= 4 is 5.78 Å². The fraction of sp³-hybridized carbons (Fsp3) is 0.533. The van der Waals surface area contributed by atoms with Crippen LogP contribution >= 0.6 is 0 Å². The third-order valence-corrected chi connectivity index (χ3v) is 3.51. The number of benzene rings is 1. The van der Waals surface area contributed by atoms with Gasteiger partial charge in [-0.1, -0.05) is 31.0 Å². The van der Waals surface area contributed by atoms with Gasteiger partial charge in [-0.2, -0.15) is 0 Å². The van der Waals surface area contributed by atoms with Crippen LogP contribution in [0.2, 0.25) is 0 Å². The van der Waals surface area contributed by atoms with Gasteiger partial charge in [0, 0.05) is 12.0 Å². The van der Waals surface area contributed by atoms with Gasteiger partial charge in [0.15, 0.2) is 5.78 Å². The Morgan fingerprint density at radius 3 is 3.00 bits per heavy atom. The first-order valence-corrected chi connectivity index (χ1v) is 6.69. The maximum atomic E-state index is 12.3. The number of hydrogen-bond acceptors (Lipinski definition) is 3. The molecule has 98 valence electrons. The van der Waals surface area contributed by atoms with Gasteiger partial charge in [0.05, 0.1) is 13.2 Å². The monoisotopic (exact) mass is 247 g/mol. The molecule has 1 N–H and O–H groups in total. The quantitative estimate of drug-likeness (QED) is 0.887. The van der Waals surface area contributed by atoms with Crippen LogP contribution in [0.5, 0.6) is 5.75 Å². The molecule has 0 amide bonds. The van der Waals surface area contributed by atoms with Gasteiger partial charge >= 0.3 is 0 Å². The summed E-state index contributed by atoms with van der Waals surface area (Å²) in [5.74, 6) is 1.08. The lowest BCUT2D eigenvalue weighted by Crippen LogP contribution is -2.37. The third kappa shape index (κ3) is 3.33. The van der Waals surface area contributed by atoms with Crippen LogP contribution in [0.1, 0.15) is 31.2 Å². The second kappa shape index (κ2) is 6.55. The lowest BCUT2D eigenvalue weighted by Gasteiger charge is -2.15. The zero-order chi connectivity index (χ0) is 12.8. The second-order valence-corrected chi connectivity index (χ2v) is 4.81. The third-order valence-electron chi connectivity index (χ3n) is 3.51. The predicted molar refractivity (Wildman–Crippen MR) is 72.0 cm³/mol. The fourth-order valence-electron chi connectivity index (χ4n) is 2.46. The van der Waals surface area contributed by atoms with Gasteiger partial charge < -0.3 is 10.1 Å². The molecule has 0 bridgehead atoms. The van der Waals surface area contributed by atoms with E-state index in [1.807, 2.05) is 24.3 Å². The standard InChI is InChI=1S/C15H21NO2/c1-18-15-9-5-4-7-12(15)11-14(17)13-8-3-2-6-10-16-13/h4-5,7,9,13,16H,2-3,6,8,10-11H2,1H3. The van der Waals surface area contributed by atoms with Crippen LogP contribution in [-0.4, -0.2) is 25.5 Å². The summed E-state index contributed by atoms with van der Waals surface area (Å²) in [6.45, 7) is 0.961. The smallest absolute Gasteiger partial charge is 0.154 e. The second-order valence-electron chi connectivity index (χ2n) is 4.81. The Bertz CT molecular complexity index is 395. The lowest BCUT2D eigenvalue weighted by molar-refractivity contribution is -0.120. The van der Waals surface area contributed by atoms with E-state index in [2.05, 4.69) is 5.32 Å². The molecule has 1 heterocycles. The van der Waals surface area contributed by atoms with E-state index in [1.165, 1.54) is 12.8 Å². The average Bonchev–Trinajstić information content (AvgIpc) is 2.68. The van der Waals surface area contributed by atoms with Crippen LogP contribution in [0.15, 0.2) is 24.3 Å². The van der Waals surface area contributed by atoms with Crippen LogP contribution in [-0.2, 0) is 11.2 Å². The summed E-state index contributed by atoms with van der Waals surface area (Å²) in [6.07, 6.45) is 4.98. The summed E-state index contributed by atoms with van der Waals surface area (Å²) in [6, 6.07) is 7.77. The summed E-state index contributed by atoms with van der Waals surface area (Å²) < 4.78 is 5.29. The van der Waals surface area contributed by atoms with Crippen molar-refractivity contribution in [2.45, 2.75) is 38.1 Å². The van der Waals surface area contributed by atoms with E-state index in [4.69, 9.17) is 4.74 Å². The van der Waals surface area contributed by atoms with E-state index in [1.54, 1.807) is 7.11 Å². The van der Waals surface area contributed by atoms with E-state index in [0.717, 1.165) is 30.7 Å². The molecule has 0 radical (unpaired) electrons. The van der Waals surface area contributed by atoms with Crippen LogP contribution in [0, 0.1) is 0 Å². The topological polar surface area (TPSA) is 38.3 Å². The number of para-hydroxylation sites is 1. The Hall–Kier alpha value is -1.35. The van der Waals surface area contributed by atoms with Gasteiger partial charge in [-0.05, 0) is 25.5 Å². The van der Waals surface area contributed by atoms with Crippen molar-refractivity contribution in [1.82, 2.24) is 5.32 Å². The number of carbonyl (C=O) groups excluding carboxylic acids is 1. The maximum Gasteiger partial charge on any atom is 0.154 e. The van der Waals surface area contributed by atoms with E-state index in [-0.39, 0.29) is 11.8 Å². The molecule has 2 rings (SSSR count). The van der Waals surface area contributed by atoms with Gasteiger partial charge in [0.1, 0.15) is 5.75 Å². The number of nitrogens with one attached hydrogen (secondary N) is 1. The Labute approximate surface area is 109 Å². The van der Waals surface area contributed by atoms with Crippen molar-refractivity contribution in [2.24, 2.45) is 0 Å². The first-order chi connectivity index (χ1) is 8.81. The largest absolute Gasteiger partial charge is 0.496 e. The number of Topliss-reactive ketones (excluding diaryl/α,β-unsaturated/α-hetero) is 1. The van der Waals surface area contributed by atoms with Crippen LogP contribution in [0.3, 0.4) is 0 Å². The van der Waals surface area contributed by atoms with Crippen LogP contribution in [0.4, 0.5) is 0 Å². The molecule has 3 heteroatoms. The molecule has 1 aromatic carbocycles. The number of carbonyl (C=O) groups is 1. The minimum absolute atomic E-state index is 0.0254. The first kappa shape index (κ1) is 13.1. The molecule has 0 aromatic heterocycles. The van der Waals surface area contributed by atoms with E-state index >= 15 is 0 Å². The van der Waals surface area contributed by atoms with Crippen molar-refractivity contribution in [1.29, 1.82) is 0 Å². The number of hydrogen-bond donors (Lipinski definition) is 1. The maximum absolute atomic E-state index is 12.3. The van der Waals surface area contributed by atoms with Crippen molar-refractivity contribution in [3.63, 3.8) is 0 Å². The summed E-state index contributed by atoms with van der Waals surface area (Å²) in [5.41, 5.74) is 0.982. The summed E-state index contributed by atoms with van der Waals surface area (Å²) in [4.78, 5) is 12.3. The molecule has 1 aromatic rings. The van der Waals surface area contributed by atoms with E-state index in [9.17, 15) is 4.79 Å². The SMILES string of the molecule is COc1ccccc1CC(=O)C1CCCCCN1. The highest BCUT2D eigenvalue weighted by Gasteiger charge is 2.20. The Morgan fingerprint density at radius 2 is 2.17 bits per heavy atom. The Balaban J connectivity index is 2.01. The molecular formula is C15H21NO2. The summed E-state index contributed by atoms with van der Waals surface area (Å²) >= 11 is 0. The fourth-order valence-corrected chi connectivity index (χ4v) is 2.46. The highest BCUT2D eigenvalue weighted by atomic mass is 16.5. The molecule has 1 atom stereocenters. The van der Waals surface area contributed by atoms with Crippen molar-refractivity contribution < 1.29 is 9.53 Å². The average molecular weight is 247 g/mol. The van der Waals surface area contributed by atoms with Crippen molar-refractivity contribution in [3.8, 4) is 5.75 Å². The normalized spacial score (nSPS) is 20.2. The van der Waals surface area contributed by atoms with Crippen molar-refractivity contribution in [3.05, 3.63) is 29.8 Å². The zero-order valence-corrected chi connectivity index (χ0v) is 10.9. The molecule has 1 unspecified atom stereocenters. The molecule has 1 fully saturated rings. The Morgan fingerprint density at radius 1 is 1.33 bits per heavy atom. The molecule has 1 aliphatic heterocycles. The summed E-state index contributed by atoms with van der Waals surface area (Å²) in [5, 5.41) is 3.35. The van der Waals surface area contributed by atoms with E-state index in [0.29, 0.717) is 6.42 Å². The molecule has 18 heavy (non-hydrogen) atoms. The number of ketones is 1. The van der Waals surface area contributed by atoms with Gasteiger partial charge in [0.2, 0.25) is 0 Å². The molecular weight excluding hydrogens is 226 g/mol. The first-order valence-electron chi connectivity index (χ1n) is 6.69. The molecule has 1 saturated heterocycles. The molecule has 0 saturated carbocycles. The minimum atomic E-state index is 0.0254. The number of ether oxygens (including phenoxy) is 1. The molecule has 0 aliphatic carbocycles. The van der Waals surface area contributed by atoms with Gasteiger partial charge in [-0.3, -0.25) is 4.79 Å². The molecule has 1 aliphatic rings. The highest BCUT2D eigenvalue weighted by molar-refractivity contribution is 5.86. The number of rotatable bonds is 4. The van der Waals surface area contributed by atoms with Gasteiger partial charge in [-0.15, -0.1) is 0 Å². The molecule has 0 spiro atoms. The lowest BCUT2D eigenvalue weighted by atomic mass is 10.00. The zero-order valence-electron chi connectivity index (χ0n) is 10.9. The highest BCUT2D eigenvalue weighted by Crippen LogP contribution is 2.19. The van der Waals surface area contributed by atoms with Gasteiger partial charge in [0.25, 0.3) is 0 Å². The minimum Gasteiger partial charge on any atom is -0.496 e. The number of methoxy groups -OCH3 is 1. The van der Waals surface area contributed by atoms with Crippen LogP contribution in [0.25, 0.3) is 0 Å². The Kier molecular flexibility index (Phi) is 4.76. The van der Waals surface area contributed by atoms with Crippen LogP contribution < -0.4 is 10.1 Å². The van der Waals surface area contributed by atoms with Gasteiger partial charge in [-0.25, -0.2) is 0 Å². The van der Waals surface area contributed by atoms with Crippen molar-refractivity contribution in [2.75, 3.05) is 13.7 Å². The van der Waals surface area contributed by atoms with E-state index < -0.39 is 0 Å². The summed E-state index contributed by atoms with van der Waals surface area (Å²) in [7, 11) is 1.65. The molecule has 3 nitrogen and oxygen atoms in total.